The summed E-state index contributed by atoms with van der Waals surface area (Å²) in [5.41, 5.74) is 3.06. The standard InChI is InChI=1S/C14H12N4O2/c19-8-9-4-6-10(7-5-9)11-2-1-3-12(20)13(11)14-15-17-18-16-14/h1-7,19-20H,8H2,(H,15,16,17,18). The molecular weight excluding hydrogens is 256 g/mol. The van der Waals surface area contributed by atoms with Gasteiger partial charge in [0.05, 0.1) is 12.2 Å². The van der Waals surface area contributed by atoms with Crippen LogP contribution >= 0.6 is 0 Å². The van der Waals surface area contributed by atoms with Gasteiger partial charge in [0.25, 0.3) is 0 Å². The summed E-state index contributed by atoms with van der Waals surface area (Å²) >= 11 is 0. The van der Waals surface area contributed by atoms with Gasteiger partial charge in [0.2, 0.25) is 5.82 Å². The topological polar surface area (TPSA) is 94.9 Å². The van der Waals surface area contributed by atoms with Crippen molar-refractivity contribution in [3.8, 4) is 28.3 Å². The van der Waals surface area contributed by atoms with Gasteiger partial charge in [0.15, 0.2) is 0 Å². The predicted molar refractivity (Wildman–Crippen MR) is 72.6 cm³/mol. The number of hydrogen-bond donors (Lipinski definition) is 3. The van der Waals surface area contributed by atoms with E-state index in [0.717, 1.165) is 16.7 Å². The highest BCUT2D eigenvalue weighted by Gasteiger charge is 2.15. The van der Waals surface area contributed by atoms with Gasteiger partial charge >= 0.3 is 0 Å². The third-order valence-electron chi connectivity index (χ3n) is 3.06. The molecule has 0 aliphatic carbocycles. The lowest BCUT2D eigenvalue weighted by Crippen LogP contribution is -1.89. The van der Waals surface area contributed by atoms with Gasteiger partial charge in [-0.3, -0.25) is 0 Å². The summed E-state index contributed by atoms with van der Waals surface area (Å²) in [6.45, 7) is -0.00197. The Balaban J connectivity index is 2.16. The fraction of sp³-hybridized carbons (Fsp3) is 0.0714. The molecule has 0 amide bonds. The fourth-order valence-corrected chi connectivity index (χ4v) is 2.07. The molecule has 1 aromatic heterocycles. The van der Waals surface area contributed by atoms with Gasteiger partial charge in [-0.25, -0.2) is 0 Å². The first-order valence-electron chi connectivity index (χ1n) is 6.05. The Bertz CT molecular complexity index is 709. The number of tetrazole rings is 1. The van der Waals surface area contributed by atoms with Crippen LogP contribution in [-0.4, -0.2) is 30.8 Å². The van der Waals surface area contributed by atoms with Crippen molar-refractivity contribution < 1.29 is 10.2 Å². The first-order chi connectivity index (χ1) is 9.79. The van der Waals surface area contributed by atoms with Gasteiger partial charge in [0, 0.05) is 0 Å². The molecule has 100 valence electrons. The van der Waals surface area contributed by atoms with E-state index in [-0.39, 0.29) is 12.4 Å². The smallest absolute Gasteiger partial charge is 0.209 e. The molecule has 6 heteroatoms. The van der Waals surface area contributed by atoms with Crippen molar-refractivity contribution >= 4 is 0 Å². The van der Waals surface area contributed by atoms with E-state index in [9.17, 15) is 5.11 Å². The Morgan fingerprint density at radius 1 is 1.05 bits per heavy atom. The number of aliphatic hydroxyl groups excluding tert-OH is 1. The normalized spacial score (nSPS) is 10.7. The molecule has 0 saturated carbocycles. The van der Waals surface area contributed by atoms with Crippen molar-refractivity contribution in [3.63, 3.8) is 0 Å². The number of aromatic nitrogens is 4. The molecule has 0 saturated heterocycles. The van der Waals surface area contributed by atoms with E-state index >= 15 is 0 Å². The number of aromatic hydroxyl groups is 1. The summed E-state index contributed by atoms with van der Waals surface area (Å²) in [7, 11) is 0. The number of benzene rings is 2. The zero-order chi connectivity index (χ0) is 13.9. The van der Waals surface area contributed by atoms with Gasteiger partial charge in [-0.1, -0.05) is 36.4 Å². The number of hydrogen-bond acceptors (Lipinski definition) is 5. The highest BCUT2D eigenvalue weighted by Crippen LogP contribution is 2.36. The predicted octanol–water partition coefficient (Wildman–Crippen LogP) is 1.73. The third-order valence-corrected chi connectivity index (χ3v) is 3.06. The van der Waals surface area contributed by atoms with Crippen molar-refractivity contribution in [3.05, 3.63) is 48.0 Å². The number of phenolic OH excluding ortho intramolecular Hbond substituents is 1. The Hall–Kier alpha value is -2.73. The molecule has 0 fully saturated rings. The van der Waals surface area contributed by atoms with E-state index in [1.54, 1.807) is 12.1 Å². The van der Waals surface area contributed by atoms with Crippen molar-refractivity contribution in [2.24, 2.45) is 0 Å². The van der Waals surface area contributed by atoms with E-state index in [4.69, 9.17) is 5.11 Å². The van der Waals surface area contributed by atoms with Crippen molar-refractivity contribution in [2.75, 3.05) is 0 Å². The molecule has 0 bridgehead atoms. The molecule has 2 aromatic carbocycles. The largest absolute Gasteiger partial charge is 0.507 e. The van der Waals surface area contributed by atoms with E-state index < -0.39 is 0 Å². The third kappa shape index (κ3) is 2.12. The summed E-state index contributed by atoms with van der Waals surface area (Å²) in [4.78, 5) is 0. The van der Waals surface area contributed by atoms with E-state index in [1.165, 1.54) is 0 Å². The number of rotatable bonds is 3. The molecule has 0 unspecified atom stereocenters. The zero-order valence-electron chi connectivity index (χ0n) is 10.5. The summed E-state index contributed by atoms with van der Waals surface area (Å²) in [5.74, 6) is 0.430. The van der Waals surface area contributed by atoms with Crippen molar-refractivity contribution in [2.45, 2.75) is 6.61 Å². The quantitative estimate of drug-likeness (QED) is 0.672. The SMILES string of the molecule is OCc1ccc(-c2cccc(O)c2-c2nn[nH]n2)cc1. The monoisotopic (exact) mass is 268 g/mol. The van der Waals surface area contributed by atoms with Crippen LogP contribution in [0.4, 0.5) is 0 Å². The van der Waals surface area contributed by atoms with Crippen LogP contribution in [0.5, 0.6) is 5.75 Å². The summed E-state index contributed by atoms with van der Waals surface area (Å²) in [6.07, 6.45) is 0. The Morgan fingerprint density at radius 3 is 2.50 bits per heavy atom. The van der Waals surface area contributed by atoms with E-state index in [2.05, 4.69) is 20.6 Å². The maximum Gasteiger partial charge on any atom is 0.209 e. The minimum absolute atomic E-state index is 0.00197. The second-order valence-corrected chi connectivity index (χ2v) is 4.29. The van der Waals surface area contributed by atoms with Crippen LogP contribution in [-0.2, 0) is 6.61 Å². The van der Waals surface area contributed by atoms with Crippen LogP contribution in [0.2, 0.25) is 0 Å². The molecular formula is C14H12N4O2. The molecule has 6 nitrogen and oxygen atoms in total. The molecule has 0 aliphatic heterocycles. The van der Waals surface area contributed by atoms with Crippen LogP contribution in [0.15, 0.2) is 42.5 Å². The van der Waals surface area contributed by atoms with Gasteiger partial charge < -0.3 is 10.2 Å². The number of H-pyrrole nitrogens is 1. The molecule has 0 spiro atoms. The second-order valence-electron chi connectivity index (χ2n) is 4.29. The minimum atomic E-state index is -0.00197. The van der Waals surface area contributed by atoms with Crippen LogP contribution in [0, 0.1) is 0 Å². The lowest BCUT2D eigenvalue weighted by atomic mass is 9.97. The summed E-state index contributed by atoms with van der Waals surface area (Å²) < 4.78 is 0. The molecule has 3 rings (SSSR count). The average molecular weight is 268 g/mol. The first kappa shape index (κ1) is 12.3. The molecule has 1 heterocycles. The molecule has 0 atom stereocenters. The van der Waals surface area contributed by atoms with Crippen molar-refractivity contribution in [1.82, 2.24) is 20.6 Å². The highest BCUT2D eigenvalue weighted by atomic mass is 16.3. The number of nitrogens with one attached hydrogen (secondary N) is 1. The first-order valence-corrected chi connectivity index (χ1v) is 6.05. The molecule has 0 radical (unpaired) electrons. The summed E-state index contributed by atoms with van der Waals surface area (Å²) in [5, 5.41) is 32.9. The number of aliphatic hydroxyl groups is 1. The number of nitrogens with zero attached hydrogens (tertiary/aromatic N) is 3. The Kier molecular flexibility index (Phi) is 3.14. The maximum absolute atomic E-state index is 10.1. The van der Waals surface area contributed by atoms with E-state index in [0.29, 0.717) is 11.4 Å². The lowest BCUT2D eigenvalue weighted by Gasteiger charge is -2.09. The molecule has 3 aromatic rings. The minimum Gasteiger partial charge on any atom is -0.507 e. The second kappa shape index (κ2) is 5.10. The van der Waals surface area contributed by atoms with Crippen molar-refractivity contribution in [1.29, 1.82) is 0 Å². The Labute approximate surface area is 114 Å². The van der Waals surface area contributed by atoms with Crippen LogP contribution in [0.25, 0.3) is 22.5 Å². The van der Waals surface area contributed by atoms with Gasteiger partial charge in [-0.15, -0.1) is 10.2 Å². The van der Waals surface area contributed by atoms with Gasteiger partial charge in [0.1, 0.15) is 5.75 Å². The lowest BCUT2D eigenvalue weighted by molar-refractivity contribution is 0.282. The highest BCUT2D eigenvalue weighted by molar-refractivity contribution is 5.84. The van der Waals surface area contributed by atoms with Gasteiger partial charge in [-0.05, 0) is 28.0 Å². The zero-order valence-corrected chi connectivity index (χ0v) is 10.5. The molecule has 20 heavy (non-hydrogen) atoms. The Morgan fingerprint density at radius 2 is 1.85 bits per heavy atom. The van der Waals surface area contributed by atoms with E-state index in [1.807, 2.05) is 30.3 Å². The molecule has 0 aliphatic rings. The average Bonchev–Trinajstić information content (AvgIpc) is 3.01. The number of phenols is 1. The fourth-order valence-electron chi connectivity index (χ4n) is 2.07. The maximum atomic E-state index is 10.1. The number of aromatic amines is 1. The summed E-state index contributed by atoms with van der Waals surface area (Å²) in [6, 6.07) is 12.6. The van der Waals surface area contributed by atoms with Crippen LogP contribution in [0.1, 0.15) is 5.56 Å². The van der Waals surface area contributed by atoms with Crippen LogP contribution < -0.4 is 0 Å². The van der Waals surface area contributed by atoms with Gasteiger partial charge in [-0.2, -0.15) is 5.21 Å². The van der Waals surface area contributed by atoms with Crippen LogP contribution in [0.3, 0.4) is 0 Å². The molecule has 3 N–H and O–H groups in total.